The molecule has 8 heteroatoms. The minimum absolute atomic E-state index is 0.0862. The molecule has 140 valence electrons. The summed E-state index contributed by atoms with van der Waals surface area (Å²) in [5.74, 6) is -1.50. The number of nitrogens with zero attached hydrogens (tertiary/aromatic N) is 2. The number of rotatable bonds is 5. The first-order valence-corrected chi connectivity index (χ1v) is 8.53. The standard InChI is InChI=1S/C19H17F2N3O3/c20-11-4-12(21)6-15(5-11)27-16-7-13(8-16)23-19(26)17-9-22-24-14(10-25)2-1-3-18(17)24/h1-6,9,13,16,25H,7-8,10H2,(H,23,26). The monoisotopic (exact) mass is 373 g/mol. The largest absolute Gasteiger partial charge is 0.490 e. The average Bonchev–Trinajstić information content (AvgIpc) is 3.03. The van der Waals surface area contributed by atoms with Crippen LogP contribution in [0.4, 0.5) is 8.78 Å². The molecule has 2 aromatic heterocycles. The van der Waals surface area contributed by atoms with E-state index < -0.39 is 11.6 Å². The number of hydrogen-bond acceptors (Lipinski definition) is 4. The maximum absolute atomic E-state index is 13.2. The zero-order valence-corrected chi connectivity index (χ0v) is 14.2. The molecule has 1 aromatic carbocycles. The number of pyridine rings is 1. The van der Waals surface area contributed by atoms with Crippen LogP contribution in [0.3, 0.4) is 0 Å². The normalized spacial score (nSPS) is 18.9. The Hall–Kier alpha value is -3.00. The van der Waals surface area contributed by atoms with Gasteiger partial charge in [0.15, 0.2) is 0 Å². The number of benzene rings is 1. The summed E-state index contributed by atoms with van der Waals surface area (Å²) in [5, 5.41) is 16.4. The Balaban J connectivity index is 1.37. The molecule has 1 aliphatic rings. The minimum atomic E-state index is -0.690. The molecular formula is C19H17F2N3O3. The van der Waals surface area contributed by atoms with E-state index in [0.29, 0.717) is 29.6 Å². The number of aliphatic hydroxyl groups excluding tert-OH is 1. The summed E-state index contributed by atoms with van der Waals surface area (Å²) >= 11 is 0. The number of fused-ring (bicyclic) bond motifs is 1. The van der Waals surface area contributed by atoms with Crippen LogP contribution in [0.5, 0.6) is 5.75 Å². The van der Waals surface area contributed by atoms with Gasteiger partial charge in [0.2, 0.25) is 0 Å². The van der Waals surface area contributed by atoms with Gasteiger partial charge in [-0.15, -0.1) is 0 Å². The van der Waals surface area contributed by atoms with E-state index >= 15 is 0 Å². The molecule has 2 N–H and O–H groups in total. The summed E-state index contributed by atoms with van der Waals surface area (Å²) in [7, 11) is 0. The number of nitrogens with one attached hydrogen (secondary N) is 1. The summed E-state index contributed by atoms with van der Waals surface area (Å²) in [6, 6.07) is 8.20. The van der Waals surface area contributed by atoms with Crippen molar-refractivity contribution in [1.29, 1.82) is 0 Å². The van der Waals surface area contributed by atoms with Crippen molar-refractivity contribution in [3.8, 4) is 5.75 Å². The predicted molar refractivity (Wildman–Crippen MR) is 92.4 cm³/mol. The smallest absolute Gasteiger partial charge is 0.255 e. The quantitative estimate of drug-likeness (QED) is 0.720. The molecule has 2 heterocycles. The SMILES string of the molecule is O=C(NC1CC(Oc2cc(F)cc(F)c2)C1)c1cnn2c(CO)cccc12. The third-order valence-corrected chi connectivity index (χ3v) is 4.60. The predicted octanol–water partition coefficient (Wildman–Crippen LogP) is 2.44. The van der Waals surface area contributed by atoms with Gasteiger partial charge in [-0.05, 0) is 12.1 Å². The second kappa shape index (κ2) is 6.96. The van der Waals surface area contributed by atoms with Crippen molar-refractivity contribution in [2.24, 2.45) is 0 Å². The molecule has 6 nitrogen and oxygen atoms in total. The molecule has 1 fully saturated rings. The van der Waals surface area contributed by atoms with E-state index in [1.165, 1.54) is 10.7 Å². The summed E-state index contributed by atoms with van der Waals surface area (Å²) in [6.07, 6.45) is 2.35. The highest BCUT2D eigenvalue weighted by atomic mass is 19.1. The van der Waals surface area contributed by atoms with E-state index in [9.17, 15) is 18.7 Å². The van der Waals surface area contributed by atoms with Gasteiger partial charge in [0.1, 0.15) is 23.5 Å². The highest BCUT2D eigenvalue weighted by Crippen LogP contribution is 2.27. The number of carbonyl (C=O) groups is 1. The molecule has 0 aliphatic heterocycles. The first kappa shape index (κ1) is 17.4. The summed E-state index contributed by atoms with van der Waals surface area (Å²) in [6.45, 7) is -0.178. The van der Waals surface area contributed by atoms with Gasteiger partial charge in [-0.1, -0.05) is 6.07 Å². The number of carbonyl (C=O) groups excluding carboxylic acids is 1. The van der Waals surface area contributed by atoms with Crippen LogP contribution in [0.1, 0.15) is 28.9 Å². The number of ether oxygens (including phenoxy) is 1. The van der Waals surface area contributed by atoms with E-state index in [2.05, 4.69) is 10.4 Å². The number of halogens is 2. The fraction of sp³-hybridized carbons (Fsp3) is 0.263. The first-order valence-electron chi connectivity index (χ1n) is 8.53. The number of amides is 1. The molecule has 4 rings (SSSR count). The van der Waals surface area contributed by atoms with Crippen molar-refractivity contribution in [2.75, 3.05) is 0 Å². The van der Waals surface area contributed by atoms with Crippen LogP contribution < -0.4 is 10.1 Å². The van der Waals surface area contributed by atoms with Gasteiger partial charge in [0, 0.05) is 37.1 Å². The molecule has 1 amide bonds. The van der Waals surface area contributed by atoms with E-state index in [4.69, 9.17) is 4.74 Å². The molecule has 1 saturated carbocycles. The third-order valence-electron chi connectivity index (χ3n) is 4.60. The molecule has 0 unspecified atom stereocenters. The van der Waals surface area contributed by atoms with Crippen molar-refractivity contribution in [3.05, 3.63) is 65.5 Å². The van der Waals surface area contributed by atoms with Crippen LogP contribution in [-0.4, -0.2) is 32.8 Å². The lowest BCUT2D eigenvalue weighted by Gasteiger charge is -2.35. The fourth-order valence-corrected chi connectivity index (χ4v) is 3.19. The van der Waals surface area contributed by atoms with Gasteiger partial charge in [-0.25, -0.2) is 13.3 Å². The van der Waals surface area contributed by atoms with Crippen molar-refractivity contribution >= 4 is 11.4 Å². The van der Waals surface area contributed by atoms with E-state index in [-0.39, 0.29) is 30.4 Å². The van der Waals surface area contributed by atoms with Crippen molar-refractivity contribution in [1.82, 2.24) is 14.9 Å². The second-order valence-corrected chi connectivity index (χ2v) is 6.52. The van der Waals surface area contributed by atoms with Gasteiger partial charge in [-0.3, -0.25) is 4.79 Å². The second-order valence-electron chi connectivity index (χ2n) is 6.52. The Kier molecular flexibility index (Phi) is 4.49. The van der Waals surface area contributed by atoms with Crippen LogP contribution >= 0.6 is 0 Å². The number of hydrogen-bond donors (Lipinski definition) is 2. The first-order chi connectivity index (χ1) is 13.0. The van der Waals surface area contributed by atoms with E-state index in [1.54, 1.807) is 18.2 Å². The average molecular weight is 373 g/mol. The van der Waals surface area contributed by atoms with Gasteiger partial charge in [0.25, 0.3) is 5.91 Å². The summed E-state index contributed by atoms with van der Waals surface area (Å²) in [4.78, 5) is 12.5. The molecule has 0 spiro atoms. The molecule has 3 aromatic rings. The Morgan fingerprint density at radius 2 is 2.00 bits per heavy atom. The van der Waals surface area contributed by atoms with Gasteiger partial charge < -0.3 is 15.2 Å². The van der Waals surface area contributed by atoms with Crippen LogP contribution in [-0.2, 0) is 6.61 Å². The molecule has 27 heavy (non-hydrogen) atoms. The van der Waals surface area contributed by atoms with Gasteiger partial charge >= 0.3 is 0 Å². The Bertz CT molecular complexity index is 979. The third kappa shape index (κ3) is 3.48. The molecular weight excluding hydrogens is 356 g/mol. The Morgan fingerprint density at radius 1 is 1.26 bits per heavy atom. The van der Waals surface area contributed by atoms with Crippen LogP contribution in [0.25, 0.3) is 5.52 Å². The van der Waals surface area contributed by atoms with Crippen LogP contribution in [0.15, 0.2) is 42.6 Å². The summed E-state index contributed by atoms with van der Waals surface area (Å²) in [5.41, 5.74) is 1.62. The molecule has 0 radical (unpaired) electrons. The minimum Gasteiger partial charge on any atom is -0.490 e. The maximum Gasteiger partial charge on any atom is 0.255 e. The molecule has 0 atom stereocenters. The van der Waals surface area contributed by atoms with Crippen molar-refractivity contribution in [3.63, 3.8) is 0 Å². The lowest BCUT2D eigenvalue weighted by atomic mass is 9.89. The highest BCUT2D eigenvalue weighted by Gasteiger charge is 2.33. The van der Waals surface area contributed by atoms with Crippen LogP contribution in [0, 0.1) is 11.6 Å². The van der Waals surface area contributed by atoms with Gasteiger partial charge in [0.05, 0.1) is 29.6 Å². The van der Waals surface area contributed by atoms with Gasteiger partial charge in [-0.2, -0.15) is 5.10 Å². The fourth-order valence-electron chi connectivity index (χ4n) is 3.19. The number of aromatic nitrogens is 2. The topological polar surface area (TPSA) is 75.9 Å². The maximum atomic E-state index is 13.2. The Morgan fingerprint density at radius 3 is 2.70 bits per heavy atom. The Labute approximate surface area is 153 Å². The van der Waals surface area contributed by atoms with E-state index in [0.717, 1.165) is 18.2 Å². The van der Waals surface area contributed by atoms with E-state index in [1.807, 2.05) is 0 Å². The zero-order valence-electron chi connectivity index (χ0n) is 14.2. The highest BCUT2D eigenvalue weighted by molar-refractivity contribution is 6.00. The molecule has 1 aliphatic carbocycles. The molecule has 0 saturated heterocycles. The number of aliphatic hydroxyl groups is 1. The zero-order chi connectivity index (χ0) is 19.0. The van der Waals surface area contributed by atoms with Crippen molar-refractivity contribution < 1.29 is 23.4 Å². The van der Waals surface area contributed by atoms with Crippen molar-refractivity contribution in [2.45, 2.75) is 31.6 Å². The van der Waals surface area contributed by atoms with Crippen LogP contribution in [0.2, 0.25) is 0 Å². The lowest BCUT2D eigenvalue weighted by molar-refractivity contribution is 0.0699. The summed E-state index contributed by atoms with van der Waals surface area (Å²) < 4.78 is 33.4. The lowest BCUT2D eigenvalue weighted by Crippen LogP contribution is -2.49. The molecule has 0 bridgehead atoms.